The summed E-state index contributed by atoms with van der Waals surface area (Å²) in [7, 11) is 1.78. The highest BCUT2D eigenvalue weighted by Crippen LogP contribution is 2.28. The molecule has 0 saturated carbocycles. The molecule has 5 heteroatoms. The molecule has 2 rings (SSSR count). The molecule has 1 saturated heterocycles. The van der Waals surface area contributed by atoms with Crippen LogP contribution in [0.4, 0.5) is 9.18 Å². The summed E-state index contributed by atoms with van der Waals surface area (Å²) in [5, 5.41) is 0. The van der Waals surface area contributed by atoms with Crippen molar-refractivity contribution in [1.82, 2.24) is 9.80 Å². The highest BCUT2D eigenvalue weighted by molar-refractivity contribution is 5.77. The quantitative estimate of drug-likeness (QED) is 0.883. The van der Waals surface area contributed by atoms with E-state index < -0.39 is 0 Å². The van der Waals surface area contributed by atoms with Crippen LogP contribution in [0.15, 0.2) is 24.3 Å². The molecule has 1 atom stereocenters. The van der Waals surface area contributed by atoms with Crippen LogP contribution in [0.3, 0.4) is 0 Å². The number of amides is 2. The van der Waals surface area contributed by atoms with Crippen LogP contribution in [0.1, 0.15) is 18.0 Å². The van der Waals surface area contributed by atoms with Crippen LogP contribution in [0, 0.1) is 5.82 Å². The van der Waals surface area contributed by atoms with Crippen LogP contribution in [-0.4, -0.2) is 42.5 Å². The van der Waals surface area contributed by atoms with E-state index in [1.807, 2.05) is 0 Å². The highest BCUT2D eigenvalue weighted by atomic mass is 19.1. The van der Waals surface area contributed by atoms with E-state index in [2.05, 4.69) is 0 Å². The SMILES string of the molecule is CN1C(=O)N(CCCN)CC1c1ccc(F)cc1. The lowest BCUT2D eigenvalue weighted by Crippen LogP contribution is -2.31. The van der Waals surface area contributed by atoms with Gasteiger partial charge in [0, 0.05) is 20.1 Å². The molecule has 0 radical (unpaired) electrons. The van der Waals surface area contributed by atoms with Crippen molar-refractivity contribution in [3.05, 3.63) is 35.6 Å². The van der Waals surface area contributed by atoms with Gasteiger partial charge in [-0.2, -0.15) is 0 Å². The molecule has 98 valence electrons. The van der Waals surface area contributed by atoms with E-state index in [9.17, 15) is 9.18 Å². The number of hydrogen-bond donors (Lipinski definition) is 1. The topological polar surface area (TPSA) is 49.6 Å². The van der Waals surface area contributed by atoms with Gasteiger partial charge in [0.15, 0.2) is 0 Å². The Morgan fingerprint density at radius 2 is 2.06 bits per heavy atom. The molecule has 1 aromatic rings. The van der Waals surface area contributed by atoms with E-state index in [1.165, 1.54) is 12.1 Å². The van der Waals surface area contributed by atoms with Crippen molar-refractivity contribution in [1.29, 1.82) is 0 Å². The molecule has 0 aliphatic carbocycles. The first-order valence-corrected chi connectivity index (χ1v) is 6.10. The number of hydrogen-bond acceptors (Lipinski definition) is 2. The van der Waals surface area contributed by atoms with Crippen molar-refractivity contribution in [2.45, 2.75) is 12.5 Å². The molecular formula is C13H18FN3O. The van der Waals surface area contributed by atoms with E-state index in [-0.39, 0.29) is 17.9 Å². The molecule has 0 aromatic heterocycles. The predicted octanol–water partition coefficient (Wildman–Crippen LogP) is 1.58. The fourth-order valence-corrected chi connectivity index (χ4v) is 2.25. The Kier molecular flexibility index (Phi) is 3.81. The standard InChI is InChI=1S/C13H18FN3O/c1-16-12(10-3-5-11(14)6-4-10)9-17(13(16)18)8-2-7-15/h3-6,12H,2,7-9,15H2,1H3. The fraction of sp³-hybridized carbons (Fsp3) is 0.462. The molecule has 1 unspecified atom stereocenters. The van der Waals surface area contributed by atoms with Crippen molar-refractivity contribution in [3.63, 3.8) is 0 Å². The predicted molar refractivity (Wildman–Crippen MR) is 67.5 cm³/mol. The lowest BCUT2D eigenvalue weighted by atomic mass is 10.1. The maximum atomic E-state index is 12.9. The second-order valence-electron chi connectivity index (χ2n) is 4.55. The van der Waals surface area contributed by atoms with Crippen LogP contribution in [0.25, 0.3) is 0 Å². The third-order valence-electron chi connectivity index (χ3n) is 3.32. The zero-order valence-corrected chi connectivity index (χ0v) is 10.5. The largest absolute Gasteiger partial charge is 0.330 e. The third kappa shape index (κ3) is 2.46. The van der Waals surface area contributed by atoms with E-state index in [4.69, 9.17) is 5.73 Å². The van der Waals surface area contributed by atoms with Crippen LogP contribution in [-0.2, 0) is 0 Å². The van der Waals surface area contributed by atoms with Crippen LogP contribution in [0.2, 0.25) is 0 Å². The van der Waals surface area contributed by atoms with Crippen molar-refractivity contribution in [2.75, 3.05) is 26.7 Å². The first-order chi connectivity index (χ1) is 8.63. The summed E-state index contributed by atoms with van der Waals surface area (Å²) >= 11 is 0. The van der Waals surface area contributed by atoms with Gasteiger partial charge in [-0.05, 0) is 30.7 Å². The Labute approximate surface area is 106 Å². The van der Waals surface area contributed by atoms with Gasteiger partial charge in [-0.15, -0.1) is 0 Å². The highest BCUT2D eigenvalue weighted by Gasteiger charge is 2.34. The maximum Gasteiger partial charge on any atom is 0.320 e. The molecule has 2 N–H and O–H groups in total. The Hall–Kier alpha value is -1.62. The zero-order chi connectivity index (χ0) is 13.1. The maximum absolute atomic E-state index is 12.9. The smallest absolute Gasteiger partial charge is 0.320 e. The van der Waals surface area contributed by atoms with E-state index >= 15 is 0 Å². The molecule has 4 nitrogen and oxygen atoms in total. The van der Waals surface area contributed by atoms with Crippen LogP contribution in [0.5, 0.6) is 0 Å². The van der Waals surface area contributed by atoms with E-state index in [0.717, 1.165) is 12.0 Å². The lowest BCUT2D eigenvalue weighted by Gasteiger charge is -2.17. The van der Waals surface area contributed by atoms with Gasteiger partial charge < -0.3 is 15.5 Å². The molecule has 0 spiro atoms. The first kappa shape index (κ1) is 12.8. The van der Waals surface area contributed by atoms with Crippen molar-refractivity contribution >= 4 is 6.03 Å². The Bertz CT molecular complexity index is 421. The summed E-state index contributed by atoms with van der Waals surface area (Å²) in [6.45, 7) is 1.90. The molecule has 18 heavy (non-hydrogen) atoms. The van der Waals surface area contributed by atoms with Gasteiger partial charge in [-0.3, -0.25) is 0 Å². The summed E-state index contributed by atoms with van der Waals surface area (Å²) in [5.74, 6) is -0.259. The molecule has 1 heterocycles. The third-order valence-corrected chi connectivity index (χ3v) is 3.32. The summed E-state index contributed by atoms with van der Waals surface area (Å²) in [6, 6.07) is 6.33. The number of carbonyl (C=O) groups excluding carboxylic acids is 1. The monoisotopic (exact) mass is 251 g/mol. The molecule has 1 aliphatic rings. The number of likely N-dealkylation sites (N-methyl/N-ethyl adjacent to an activating group) is 1. The Morgan fingerprint density at radius 3 is 2.67 bits per heavy atom. The average molecular weight is 251 g/mol. The lowest BCUT2D eigenvalue weighted by molar-refractivity contribution is 0.195. The molecule has 0 bridgehead atoms. The summed E-state index contributed by atoms with van der Waals surface area (Å²) < 4.78 is 12.9. The second kappa shape index (κ2) is 5.35. The Balaban J connectivity index is 2.10. The Morgan fingerprint density at radius 1 is 1.39 bits per heavy atom. The molecular weight excluding hydrogens is 233 g/mol. The summed E-state index contributed by atoms with van der Waals surface area (Å²) in [5.41, 5.74) is 6.42. The van der Waals surface area contributed by atoms with Gasteiger partial charge in [0.2, 0.25) is 0 Å². The van der Waals surface area contributed by atoms with Gasteiger partial charge in [0.1, 0.15) is 5.82 Å². The van der Waals surface area contributed by atoms with Crippen LogP contribution < -0.4 is 5.73 Å². The van der Waals surface area contributed by atoms with Crippen molar-refractivity contribution in [2.24, 2.45) is 5.73 Å². The number of nitrogens with zero attached hydrogens (tertiary/aromatic N) is 2. The van der Waals surface area contributed by atoms with E-state index in [1.54, 1.807) is 29.0 Å². The minimum atomic E-state index is -0.259. The normalized spacial score (nSPS) is 19.7. The summed E-state index contributed by atoms with van der Waals surface area (Å²) in [6.07, 6.45) is 0.801. The number of benzene rings is 1. The average Bonchev–Trinajstić information content (AvgIpc) is 2.65. The van der Waals surface area contributed by atoms with Crippen LogP contribution >= 0.6 is 0 Å². The zero-order valence-electron chi connectivity index (χ0n) is 10.5. The van der Waals surface area contributed by atoms with Crippen molar-refractivity contribution < 1.29 is 9.18 Å². The number of rotatable bonds is 4. The molecule has 1 aromatic carbocycles. The van der Waals surface area contributed by atoms with Gasteiger partial charge in [0.05, 0.1) is 6.04 Å². The first-order valence-electron chi connectivity index (χ1n) is 6.10. The summed E-state index contributed by atoms with van der Waals surface area (Å²) in [4.78, 5) is 15.5. The number of urea groups is 1. The minimum absolute atomic E-state index is 0.00382. The molecule has 1 aliphatic heterocycles. The van der Waals surface area contributed by atoms with Gasteiger partial charge in [-0.1, -0.05) is 12.1 Å². The number of carbonyl (C=O) groups is 1. The number of nitrogens with two attached hydrogens (primary N) is 1. The van der Waals surface area contributed by atoms with Gasteiger partial charge in [0.25, 0.3) is 0 Å². The van der Waals surface area contributed by atoms with Gasteiger partial charge >= 0.3 is 6.03 Å². The molecule has 1 fully saturated rings. The van der Waals surface area contributed by atoms with Crippen molar-refractivity contribution in [3.8, 4) is 0 Å². The molecule has 2 amide bonds. The van der Waals surface area contributed by atoms with E-state index in [0.29, 0.717) is 19.6 Å². The minimum Gasteiger partial charge on any atom is -0.330 e. The fourth-order valence-electron chi connectivity index (χ4n) is 2.25. The number of halogens is 1. The second-order valence-corrected chi connectivity index (χ2v) is 4.55. The van der Waals surface area contributed by atoms with Gasteiger partial charge in [-0.25, -0.2) is 9.18 Å².